The SMILES string of the molecule is CSc1c2sc(C3=C(C(=O)[O-])N4C(=O)[C@H]([C@@H](C)O)[C@H]4[C@H]3C)cn2c[n+]1CC(=O)NCCCO. The molecule has 1 saturated heterocycles. The van der Waals surface area contributed by atoms with E-state index in [1.807, 2.05) is 28.3 Å². The van der Waals surface area contributed by atoms with E-state index in [0.29, 0.717) is 23.4 Å². The maximum absolute atomic E-state index is 12.6. The molecule has 2 aliphatic rings. The highest BCUT2D eigenvalue weighted by molar-refractivity contribution is 7.98. The van der Waals surface area contributed by atoms with E-state index in [9.17, 15) is 24.6 Å². The lowest BCUT2D eigenvalue weighted by atomic mass is 9.77. The number of aliphatic hydroxyl groups is 2. The van der Waals surface area contributed by atoms with Crippen LogP contribution in [-0.2, 0) is 20.9 Å². The fourth-order valence-electron chi connectivity index (χ4n) is 4.78. The molecule has 0 aliphatic carbocycles. The third kappa shape index (κ3) is 3.84. The zero-order valence-corrected chi connectivity index (χ0v) is 20.1. The first-order valence-electron chi connectivity index (χ1n) is 10.6. The molecule has 4 heterocycles. The molecule has 10 nitrogen and oxygen atoms in total. The largest absolute Gasteiger partial charge is 0.543 e. The molecule has 33 heavy (non-hydrogen) atoms. The Morgan fingerprint density at radius 3 is 2.76 bits per heavy atom. The molecule has 3 N–H and O–H groups in total. The van der Waals surface area contributed by atoms with Gasteiger partial charge in [-0.05, 0) is 19.6 Å². The number of imidazole rings is 1. The van der Waals surface area contributed by atoms with Crippen LogP contribution in [-0.4, -0.2) is 68.9 Å². The molecule has 12 heteroatoms. The third-order valence-electron chi connectivity index (χ3n) is 6.20. The van der Waals surface area contributed by atoms with Crippen LogP contribution in [0.4, 0.5) is 0 Å². The molecule has 4 atom stereocenters. The second-order valence-corrected chi connectivity index (χ2v) is 10.1. The fraction of sp³-hybridized carbons (Fsp3) is 0.524. The first-order chi connectivity index (χ1) is 15.7. The molecule has 0 unspecified atom stereocenters. The van der Waals surface area contributed by atoms with Gasteiger partial charge in [-0.3, -0.25) is 9.59 Å². The van der Waals surface area contributed by atoms with Crippen molar-refractivity contribution in [2.75, 3.05) is 19.4 Å². The van der Waals surface area contributed by atoms with Crippen LogP contribution in [0.25, 0.3) is 10.4 Å². The molecular weight excluding hydrogens is 468 g/mol. The minimum atomic E-state index is -1.41. The van der Waals surface area contributed by atoms with Crippen LogP contribution < -0.4 is 15.0 Å². The number of carboxylic acid groups (broad SMARTS) is 1. The highest BCUT2D eigenvalue weighted by atomic mass is 32.2. The van der Waals surface area contributed by atoms with E-state index in [2.05, 4.69) is 5.32 Å². The molecule has 0 saturated carbocycles. The lowest BCUT2D eigenvalue weighted by molar-refractivity contribution is -0.717. The van der Waals surface area contributed by atoms with Gasteiger partial charge >= 0.3 is 0 Å². The van der Waals surface area contributed by atoms with Gasteiger partial charge in [0.15, 0.2) is 6.54 Å². The number of aliphatic hydroxyl groups excluding tert-OH is 2. The monoisotopic (exact) mass is 494 g/mol. The Morgan fingerprint density at radius 1 is 1.42 bits per heavy atom. The molecule has 0 spiro atoms. The molecule has 2 amide bonds. The molecule has 2 aromatic heterocycles. The van der Waals surface area contributed by atoms with Crippen molar-refractivity contribution in [3.05, 3.63) is 23.1 Å². The van der Waals surface area contributed by atoms with Crippen LogP contribution >= 0.6 is 23.1 Å². The normalized spacial score (nSPS) is 23.1. The number of hydrogen-bond donors (Lipinski definition) is 3. The summed E-state index contributed by atoms with van der Waals surface area (Å²) in [5.74, 6) is -2.88. The number of fused-ring (bicyclic) bond motifs is 2. The van der Waals surface area contributed by atoms with Gasteiger partial charge in [-0.25, -0.2) is 4.57 Å². The Bertz CT molecular complexity index is 1150. The lowest BCUT2D eigenvalue weighted by Crippen LogP contribution is -2.64. The number of thiazole rings is 1. The van der Waals surface area contributed by atoms with E-state index in [-0.39, 0.29) is 30.7 Å². The summed E-state index contributed by atoms with van der Waals surface area (Å²) in [5.41, 5.74) is 0.409. The van der Waals surface area contributed by atoms with Crippen LogP contribution in [0.2, 0.25) is 0 Å². The van der Waals surface area contributed by atoms with Gasteiger partial charge in [0.1, 0.15) is 6.20 Å². The summed E-state index contributed by atoms with van der Waals surface area (Å²) in [6, 6.07) is -0.408. The molecule has 1 fully saturated rings. The van der Waals surface area contributed by atoms with Crippen LogP contribution in [0.3, 0.4) is 0 Å². The number of hydrogen-bond acceptors (Lipinski definition) is 8. The van der Waals surface area contributed by atoms with Gasteiger partial charge in [-0.1, -0.05) is 30.0 Å². The Kier molecular flexibility index (Phi) is 6.54. The van der Waals surface area contributed by atoms with E-state index in [0.717, 1.165) is 9.86 Å². The minimum absolute atomic E-state index is 0.0121. The number of rotatable bonds is 9. The number of thioether (sulfide) groups is 1. The van der Waals surface area contributed by atoms with Crippen molar-refractivity contribution in [3.8, 4) is 0 Å². The topological polar surface area (TPSA) is 138 Å². The summed E-state index contributed by atoms with van der Waals surface area (Å²) < 4.78 is 3.67. The Hall–Kier alpha value is -2.41. The number of carbonyl (C=O) groups is 3. The summed E-state index contributed by atoms with van der Waals surface area (Å²) in [4.78, 5) is 39.6. The predicted molar refractivity (Wildman–Crippen MR) is 119 cm³/mol. The van der Waals surface area contributed by atoms with Crippen LogP contribution in [0.5, 0.6) is 0 Å². The summed E-state index contributed by atoms with van der Waals surface area (Å²) in [6.45, 7) is 3.94. The summed E-state index contributed by atoms with van der Waals surface area (Å²) in [7, 11) is 0. The highest BCUT2D eigenvalue weighted by Gasteiger charge is 2.59. The Labute approximate surface area is 198 Å². The van der Waals surface area contributed by atoms with Gasteiger partial charge in [-0.2, -0.15) is 4.40 Å². The number of β-lactam (4-membered cyclic amide) rings is 1. The molecule has 178 valence electrons. The summed E-state index contributed by atoms with van der Waals surface area (Å²) >= 11 is 2.86. The number of nitrogens with zero attached hydrogens (tertiary/aromatic N) is 3. The average Bonchev–Trinajstić information content (AvgIpc) is 3.35. The number of carboxylic acids is 1. The molecule has 0 aromatic carbocycles. The molecular formula is C21H26N4O6S2. The summed E-state index contributed by atoms with van der Waals surface area (Å²) in [6.07, 6.45) is 5.11. The maximum atomic E-state index is 12.6. The molecule has 0 radical (unpaired) electrons. The Morgan fingerprint density at radius 2 is 2.15 bits per heavy atom. The maximum Gasteiger partial charge on any atom is 0.262 e. The van der Waals surface area contributed by atoms with Gasteiger partial charge in [0.25, 0.3) is 12.2 Å². The van der Waals surface area contributed by atoms with E-state index < -0.39 is 29.9 Å². The second kappa shape index (κ2) is 9.09. The quantitative estimate of drug-likeness (QED) is 0.173. The molecule has 0 bridgehead atoms. The first-order valence-corrected chi connectivity index (χ1v) is 12.7. The molecule has 2 aliphatic heterocycles. The van der Waals surface area contributed by atoms with Crippen molar-refractivity contribution >= 4 is 51.3 Å². The van der Waals surface area contributed by atoms with Gasteiger partial charge in [0, 0.05) is 24.6 Å². The van der Waals surface area contributed by atoms with E-state index in [1.54, 1.807) is 13.3 Å². The van der Waals surface area contributed by atoms with Gasteiger partial charge in [0.2, 0.25) is 15.8 Å². The van der Waals surface area contributed by atoms with Crippen molar-refractivity contribution in [1.29, 1.82) is 0 Å². The van der Waals surface area contributed by atoms with E-state index >= 15 is 0 Å². The average molecular weight is 495 g/mol. The smallest absolute Gasteiger partial charge is 0.262 e. The molecule has 4 rings (SSSR count). The van der Waals surface area contributed by atoms with E-state index in [4.69, 9.17) is 5.11 Å². The van der Waals surface area contributed by atoms with Crippen molar-refractivity contribution < 1.29 is 34.3 Å². The zero-order chi connectivity index (χ0) is 24.0. The minimum Gasteiger partial charge on any atom is -0.543 e. The van der Waals surface area contributed by atoms with Crippen LogP contribution in [0.1, 0.15) is 25.1 Å². The number of nitrogens with one attached hydrogen (secondary N) is 1. The van der Waals surface area contributed by atoms with Gasteiger partial charge in [-0.15, -0.1) is 0 Å². The Balaban J connectivity index is 1.68. The van der Waals surface area contributed by atoms with Crippen molar-refractivity contribution in [2.45, 2.75) is 44.0 Å². The predicted octanol–water partition coefficient (Wildman–Crippen LogP) is -1.17. The standard InChI is InChI=1S/C21H26N4O6S2/c1-10-14(17(21(30)31)25-16(10)15(11(2)27)18(25)29)12-7-23-9-24(19(32-3)20(23)33-12)8-13(28)22-5-4-6-26/h7,9-11,15-16,26-27H,4-6,8H2,1-3H3,(H-,22,28,30,31)/t10-,11+,15+,16+/m0/s1. The number of amides is 2. The van der Waals surface area contributed by atoms with E-state index in [1.165, 1.54) is 28.0 Å². The highest BCUT2D eigenvalue weighted by Crippen LogP contribution is 2.51. The van der Waals surface area contributed by atoms with Crippen LogP contribution in [0, 0.1) is 11.8 Å². The van der Waals surface area contributed by atoms with Crippen molar-refractivity contribution in [3.63, 3.8) is 0 Å². The van der Waals surface area contributed by atoms with Crippen molar-refractivity contribution in [2.24, 2.45) is 11.8 Å². The van der Waals surface area contributed by atoms with Crippen molar-refractivity contribution in [1.82, 2.24) is 14.6 Å². The summed E-state index contributed by atoms with van der Waals surface area (Å²) in [5, 5.41) is 34.5. The number of aliphatic carboxylic acids is 1. The van der Waals surface area contributed by atoms with Crippen LogP contribution in [0.15, 0.2) is 23.2 Å². The molecule has 2 aromatic rings. The van der Waals surface area contributed by atoms with Gasteiger partial charge in [0.05, 0.1) is 34.6 Å². The third-order valence-corrected chi connectivity index (χ3v) is 8.29. The second-order valence-electron chi connectivity index (χ2n) is 8.29. The van der Waals surface area contributed by atoms with Gasteiger partial charge < -0.3 is 30.3 Å². The number of carbonyl (C=O) groups excluding carboxylic acids is 3. The first kappa shape index (κ1) is 23.7. The lowest BCUT2D eigenvalue weighted by Gasteiger charge is -2.47. The zero-order valence-electron chi connectivity index (χ0n) is 18.5. The fourth-order valence-corrected chi connectivity index (χ4v) is 6.95. The number of aromatic nitrogens is 2.